The minimum atomic E-state index is -5.60. The van der Waals surface area contributed by atoms with Crippen LogP contribution in [0, 0.1) is 10.8 Å². The van der Waals surface area contributed by atoms with Crippen molar-refractivity contribution in [2.24, 2.45) is 10.8 Å². The maximum absolute atomic E-state index is 13.0. The number of aromatic nitrogens is 4. The number of aliphatic hydroxyl groups excluding tert-OH is 2. The number of benzene rings is 1. The first-order valence-corrected chi connectivity index (χ1v) is 28.3. The first-order valence-electron chi connectivity index (χ1n) is 23.8. The van der Waals surface area contributed by atoms with Crippen LogP contribution < -0.4 is 16.4 Å². The molecule has 3 aromatic rings. The van der Waals surface area contributed by atoms with Crippen molar-refractivity contribution < 1.29 is 90.0 Å². The van der Waals surface area contributed by atoms with Crippen molar-refractivity contribution in [3.63, 3.8) is 0 Å². The number of hydrogen-bond donors (Lipinski definition) is 9. The summed E-state index contributed by atoms with van der Waals surface area (Å²) in [5.41, 5.74) is 6.02. The molecule has 0 bridgehead atoms. The normalized spacial score (nSPS) is 21.0. The van der Waals surface area contributed by atoms with Crippen molar-refractivity contribution in [2.45, 2.75) is 147 Å². The summed E-state index contributed by atoms with van der Waals surface area (Å²) in [4.78, 5) is 100. The number of aryl methyl sites for hydroxylation is 2. The SMILES string of the molecule is CC(C)(CCCCCc1ccc(CCCCC2(OC=O)CC2)cc1)C(=O)CCNC(=O)CCNC(=O)C(O)C(C)(C)COP(=O)(O)OP(=O)(O)OCC1OC(n2cnc3c(N)ncnc32)C(O)C1OP(=O)(O)O. The van der Waals surface area contributed by atoms with Gasteiger partial charge >= 0.3 is 23.5 Å². The number of nitrogens with two attached hydrogens (primary N) is 1. The van der Waals surface area contributed by atoms with Gasteiger partial charge < -0.3 is 55.6 Å². The van der Waals surface area contributed by atoms with Crippen molar-refractivity contribution in [1.82, 2.24) is 30.2 Å². The number of nitrogens with one attached hydrogen (secondary N) is 2. The standard InChI is InChI=1S/C44H68N7O19P3/c1-42(2,18-8-5-6-10-29-12-14-30(15-13-29)11-7-9-19-44(20-21-44)65-28-52)32(53)16-22-46-33(54)17-23-47-40(57)37(56)43(3,4)25-67-73(63,64)70-72(61,62)66-24-31-36(69-71(58,59)60)35(55)41(68-31)51-27-50-34-38(45)48-26-49-39(34)51/h12-15,26-28,31,35-37,41,55-56H,5-11,16-25H2,1-4H3,(H,46,54)(H,47,57)(H,61,62)(H,63,64)(H2,45,48,49)(H2,58,59,60). The Morgan fingerprint density at radius 3 is 2.16 bits per heavy atom. The van der Waals surface area contributed by atoms with Crippen LogP contribution in [0.3, 0.4) is 0 Å². The second-order valence-corrected chi connectivity index (χ2v) is 23.8. The number of nitrogens with zero attached hydrogens (tertiary/aromatic N) is 4. The predicted molar refractivity (Wildman–Crippen MR) is 258 cm³/mol. The largest absolute Gasteiger partial charge is 0.481 e. The van der Waals surface area contributed by atoms with Gasteiger partial charge in [-0.25, -0.2) is 28.6 Å². The summed E-state index contributed by atoms with van der Waals surface area (Å²) in [6, 6.07) is 8.67. The number of amides is 2. The van der Waals surface area contributed by atoms with Crippen molar-refractivity contribution in [3.05, 3.63) is 48.0 Å². The summed E-state index contributed by atoms with van der Waals surface area (Å²) in [6.45, 7) is 4.67. The summed E-state index contributed by atoms with van der Waals surface area (Å²) in [5.74, 6) is -1.50. The molecule has 5 rings (SSSR count). The number of carbonyl (C=O) groups excluding carboxylic acids is 4. The number of unbranched alkanes of at least 4 members (excludes halogenated alkanes) is 3. The van der Waals surface area contributed by atoms with E-state index in [0.29, 0.717) is 12.9 Å². The Kier molecular flexibility index (Phi) is 21.0. The van der Waals surface area contributed by atoms with E-state index >= 15 is 0 Å². The van der Waals surface area contributed by atoms with Gasteiger partial charge in [0.1, 0.15) is 47.6 Å². The Balaban J connectivity index is 0.949. The fourth-order valence-corrected chi connectivity index (χ4v) is 11.0. The molecule has 7 unspecified atom stereocenters. The van der Waals surface area contributed by atoms with Gasteiger partial charge in [0.2, 0.25) is 11.8 Å². The number of nitrogen functional groups attached to an aromatic ring is 1. The van der Waals surface area contributed by atoms with E-state index in [0.717, 1.165) is 81.4 Å². The fourth-order valence-electron chi connectivity index (χ4n) is 8.12. The molecule has 1 aromatic carbocycles. The third kappa shape index (κ3) is 18.3. The number of ether oxygens (including phenoxy) is 2. The average Bonchev–Trinajstić information content (AvgIpc) is 3.83. The van der Waals surface area contributed by atoms with Gasteiger partial charge in [-0.1, -0.05) is 64.8 Å². The number of ketones is 1. The molecular formula is C44H68N7O19P3. The number of fused-ring (bicyclic) bond motifs is 1. The summed E-state index contributed by atoms with van der Waals surface area (Å²) in [5, 5.41) is 26.7. The van der Waals surface area contributed by atoms with Crippen LogP contribution in [0.4, 0.5) is 5.82 Å². The van der Waals surface area contributed by atoms with Crippen LogP contribution >= 0.6 is 23.5 Å². The number of carbonyl (C=O) groups is 4. The second kappa shape index (κ2) is 25.6. The van der Waals surface area contributed by atoms with E-state index in [1.54, 1.807) is 0 Å². The van der Waals surface area contributed by atoms with E-state index in [4.69, 9.17) is 24.3 Å². The van der Waals surface area contributed by atoms with Crippen LogP contribution in [0.2, 0.25) is 0 Å². The third-order valence-electron chi connectivity index (χ3n) is 12.8. The van der Waals surface area contributed by atoms with Gasteiger partial charge in [-0.3, -0.25) is 37.3 Å². The number of Topliss-reactive ketones (excluding diaryl/α,β-unsaturated/α-hetero) is 1. The summed E-state index contributed by atoms with van der Waals surface area (Å²) < 4.78 is 67.8. The number of hydrogen-bond acceptors (Lipinski definition) is 19. The zero-order chi connectivity index (χ0) is 53.8. The van der Waals surface area contributed by atoms with Crippen molar-refractivity contribution in [1.29, 1.82) is 0 Å². The molecule has 1 saturated heterocycles. The quantitative estimate of drug-likeness (QED) is 0.0239. The van der Waals surface area contributed by atoms with E-state index in [-0.39, 0.29) is 54.3 Å². The predicted octanol–water partition coefficient (Wildman–Crippen LogP) is 3.61. The Morgan fingerprint density at radius 1 is 0.904 bits per heavy atom. The minimum Gasteiger partial charge on any atom is -0.461 e. The molecule has 1 saturated carbocycles. The zero-order valence-corrected chi connectivity index (χ0v) is 43.8. The van der Waals surface area contributed by atoms with Gasteiger partial charge in [0.05, 0.1) is 19.5 Å². The molecule has 10 N–H and O–H groups in total. The van der Waals surface area contributed by atoms with E-state index in [1.165, 1.54) is 25.0 Å². The molecule has 73 heavy (non-hydrogen) atoms. The molecule has 26 nitrogen and oxygen atoms in total. The number of anilines is 1. The molecule has 0 radical (unpaired) electrons. The molecule has 0 spiro atoms. The molecule has 1 aliphatic heterocycles. The van der Waals surface area contributed by atoms with Crippen LogP contribution in [0.5, 0.6) is 0 Å². The Hall–Kier alpha value is -4.10. The van der Waals surface area contributed by atoms with E-state index in [2.05, 4.69) is 58.7 Å². The van der Waals surface area contributed by atoms with Gasteiger partial charge in [-0.15, -0.1) is 0 Å². The van der Waals surface area contributed by atoms with E-state index in [1.807, 2.05) is 13.8 Å². The van der Waals surface area contributed by atoms with Gasteiger partial charge in [-0.2, -0.15) is 4.31 Å². The maximum atomic E-state index is 13.0. The average molecular weight is 1090 g/mol. The Morgan fingerprint density at radius 2 is 1.53 bits per heavy atom. The van der Waals surface area contributed by atoms with Gasteiger partial charge in [0.15, 0.2) is 17.7 Å². The summed E-state index contributed by atoms with van der Waals surface area (Å²) in [6.07, 6.45) is 3.46. The number of phosphoric acid groups is 3. The van der Waals surface area contributed by atoms with Crippen molar-refractivity contribution >= 4 is 64.5 Å². The van der Waals surface area contributed by atoms with E-state index in [9.17, 15) is 62.7 Å². The van der Waals surface area contributed by atoms with Crippen molar-refractivity contribution in [3.8, 4) is 0 Å². The highest BCUT2D eigenvalue weighted by Crippen LogP contribution is 2.61. The smallest absolute Gasteiger partial charge is 0.461 e. The number of imidazole rings is 1. The molecule has 29 heteroatoms. The van der Waals surface area contributed by atoms with Crippen LogP contribution in [-0.2, 0) is 73.1 Å². The second-order valence-electron chi connectivity index (χ2n) is 19.6. The maximum Gasteiger partial charge on any atom is 0.481 e. The fraction of sp³-hybridized carbons (Fsp3) is 0.659. The lowest BCUT2D eigenvalue weighted by atomic mass is 9.81. The Bertz CT molecular complexity index is 2500. The highest BCUT2D eigenvalue weighted by atomic mass is 31.3. The minimum absolute atomic E-state index is 0.00116. The number of aliphatic hydroxyl groups is 2. The third-order valence-corrected chi connectivity index (χ3v) is 15.9. The monoisotopic (exact) mass is 1090 g/mol. The molecule has 2 aromatic heterocycles. The summed E-state index contributed by atoms with van der Waals surface area (Å²) >= 11 is 0. The molecule has 7 atom stereocenters. The van der Waals surface area contributed by atoms with Gasteiger partial charge in [0.25, 0.3) is 6.47 Å². The lowest BCUT2D eigenvalue weighted by Crippen LogP contribution is -2.46. The Labute approximate surface area is 421 Å². The topological polar surface area (TPSA) is 390 Å². The molecule has 1 aliphatic carbocycles. The van der Waals surface area contributed by atoms with Crippen LogP contribution in [0.25, 0.3) is 11.2 Å². The number of phosphoric ester groups is 3. The van der Waals surface area contributed by atoms with E-state index < -0.39 is 90.0 Å². The van der Waals surface area contributed by atoms with Gasteiger partial charge in [-0.05, 0) is 68.9 Å². The first-order chi connectivity index (χ1) is 34.2. The highest BCUT2D eigenvalue weighted by Gasteiger charge is 2.50. The molecule has 2 aliphatic rings. The van der Waals surface area contributed by atoms with Crippen LogP contribution in [-0.4, -0.2) is 130 Å². The molecular weight excluding hydrogens is 1020 g/mol. The summed E-state index contributed by atoms with van der Waals surface area (Å²) in [7, 11) is -16.5. The number of rotatable bonds is 33. The van der Waals surface area contributed by atoms with Crippen molar-refractivity contribution in [2.75, 3.05) is 32.0 Å². The van der Waals surface area contributed by atoms with Gasteiger partial charge in [0, 0.05) is 36.8 Å². The van der Waals surface area contributed by atoms with Crippen LogP contribution in [0.15, 0.2) is 36.9 Å². The molecule has 2 fully saturated rings. The molecule has 3 heterocycles. The zero-order valence-electron chi connectivity index (χ0n) is 41.1. The van der Waals surface area contributed by atoms with Crippen LogP contribution in [0.1, 0.15) is 116 Å². The highest BCUT2D eigenvalue weighted by molar-refractivity contribution is 7.61. The lowest BCUT2D eigenvalue weighted by Gasteiger charge is -2.30. The lowest BCUT2D eigenvalue weighted by molar-refractivity contribution is -0.137. The first kappa shape index (κ1) is 59.8. The molecule has 408 valence electrons. The molecule has 2 amide bonds.